The van der Waals surface area contributed by atoms with Crippen LogP contribution < -0.4 is 0 Å². The Morgan fingerprint density at radius 1 is 1.31 bits per heavy atom. The van der Waals surface area contributed by atoms with E-state index in [0.29, 0.717) is 22.2 Å². The van der Waals surface area contributed by atoms with Gasteiger partial charge in [0.15, 0.2) is 0 Å². The van der Waals surface area contributed by atoms with Gasteiger partial charge in [-0.05, 0) is 53.4 Å². The Balaban J connectivity index is 2.16. The van der Waals surface area contributed by atoms with Crippen LogP contribution in [0.3, 0.4) is 0 Å². The average molecular weight is 218 g/mol. The SMILES string of the molecule is C[C@@]12CC=C(C=O)[C@@H](C1)[C@@]1(C)CCC[C@@]21C. The van der Waals surface area contributed by atoms with Gasteiger partial charge in [-0.25, -0.2) is 0 Å². The highest BCUT2D eigenvalue weighted by Crippen LogP contribution is 2.75. The van der Waals surface area contributed by atoms with Gasteiger partial charge in [0.1, 0.15) is 6.29 Å². The van der Waals surface area contributed by atoms with E-state index in [2.05, 4.69) is 26.8 Å². The van der Waals surface area contributed by atoms with Crippen LogP contribution in [-0.4, -0.2) is 6.29 Å². The second kappa shape index (κ2) is 2.80. The van der Waals surface area contributed by atoms with E-state index in [1.165, 1.54) is 25.7 Å². The maximum Gasteiger partial charge on any atom is 0.146 e. The van der Waals surface area contributed by atoms with Gasteiger partial charge < -0.3 is 0 Å². The Labute approximate surface area is 98.3 Å². The molecule has 0 aromatic carbocycles. The Morgan fingerprint density at radius 3 is 2.75 bits per heavy atom. The van der Waals surface area contributed by atoms with Crippen molar-refractivity contribution in [1.29, 1.82) is 0 Å². The zero-order valence-electron chi connectivity index (χ0n) is 10.7. The summed E-state index contributed by atoms with van der Waals surface area (Å²) in [6, 6.07) is 0. The predicted molar refractivity (Wildman–Crippen MR) is 65.0 cm³/mol. The van der Waals surface area contributed by atoms with Crippen molar-refractivity contribution in [3.63, 3.8) is 0 Å². The molecule has 88 valence electrons. The number of carbonyl (C=O) groups excluding carboxylic acids is 1. The van der Waals surface area contributed by atoms with Crippen LogP contribution >= 0.6 is 0 Å². The third-order valence-electron chi connectivity index (χ3n) is 6.72. The molecule has 4 atom stereocenters. The van der Waals surface area contributed by atoms with Crippen molar-refractivity contribution in [3.05, 3.63) is 11.6 Å². The maximum absolute atomic E-state index is 11.2. The van der Waals surface area contributed by atoms with Crippen molar-refractivity contribution in [2.24, 2.45) is 22.2 Å². The van der Waals surface area contributed by atoms with E-state index in [-0.39, 0.29) is 0 Å². The van der Waals surface area contributed by atoms with Crippen LogP contribution in [0.25, 0.3) is 0 Å². The molecule has 16 heavy (non-hydrogen) atoms. The zero-order valence-corrected chi connectivity index (χ0v) is 10.7. The van der Waals surface area contributed by atoms with Gasteiger partial charge in [-0.3, -0.25) is 4.79 Å². The summed E-state index contributed by atoms with van der Waals surface area (Å²) >= 11 is 0. The first-order valence-electron chi connectivity index (χ1n) is 6.62. The minimum absolute atomic E-state index is 0.380. The molecule has 0 amide bonds. The standard InChI is InChI=1S/C15H22O/c1-13-8-5-11(10-16)12(9-13)14(2)6-4-7-15(13,14)3/h5,10,12H,4,6-9H2,1-3H3/t12-,13-,14-,15+/m1/s1. The molecule has 3 rings (SSSR count). The minimum atomic E-state index is 0.380. The van der Waals surface area contributed by atoms with Crippen molar-refractivity contribution in [2.45, 2.75) is 52.9 Å². The lowest BCUT2D eigenvalue weighted by Gasteiger charge is -2.45. The fourth-order valence-corrected chi connectivity index (χ4v) is 5.23. The zero-order chi connectivity index (χ0) is 11.6. The summed E-state index contributed by atoms with van der Waals surface area (Å²) in [6.07, 6.45) is 9.74. The van der Waals surface area contributed by atoms with E-state index in [1.807, 2.05) is 0 Å². The summed E-state index contributed by atoms with van der Waals surface area (Å²) in [6.45, 7) is 7.38. The van der Waals surface area contributed by atoms with Crippen molar-refractivity contribution >= 4 is 6.29 Å². The largest absolute Gasteiger partial charge is 0.298 e. The molecule has 0 N–H and O–H groups in total. The number of rotatable bonds is 1. The number of aldehydes is 1. The smallest absolute Gasteiger partial charge is 0.146 e. The molecule has 2 fully saturated rings. The molecule has 0 saturated heterocycles. The first kappa shape index (κ1) is 10.6. The molecule has 0 aliphatic heterocycles. The molecule has 3 aliphatic carbocycles. The molecule has 2 saturated carbocycles. The topological polar surface area (TPSA) is 17.1 Å². The quantitative estimate of drug-likeness (QED) is 0.613. The van der Waals surface area contributed by atoms with E-state index >= 15 is 0 Å². The van der Waals surface area contributed by atoms with Gasteiger partial charge >= 0.3 is 0 Å². The van der Waals surface area contributed by atoms with Crippen molar-refractivity contribution < 1.29 is 4.79 Å². The molecule has 0 radical (unpaired) electrons. The Bertz CT molecular complexity index is 383. The Hall–Kier alpha value is -0.590. The summed E-state index contributed by atoms with van der Waals surface area (Å²) in [5.41, 5.74) is 2.37. The Kier molecular flexibility index (Phi) is 1.85. The van der Waals surface area contributed by atoms with Crippen molar-refractivity contribution in [3.8, 4) is 0 Å². The van der Waals surface area contributed by atoms with E-state index in [4.69, 9.17) is 0 Å². The van der Waals surface area contributed by atoms with Crippen LogP contribution in [0, 0.1) is 22.2 Å². The summed E-state index contributed by atoms with van der Waals surface area (Å²) in [7, 11) is 0. The van der Waals surface area contributed by atoms with Crippen LogP contribution in [0.15, 0.2) is 11.6 Å². The highest BCUT2D eigenvalue weighted by atomic mass is 16.1. The molecule has 1 heteroatoms. The molecule has 0 unspecified atom stereocenters. The molecule has 0 spiro atoms. The molecule has 0 aromatic rings. The first-order chi connectivity index (χ1) is 7.47. The van der Waals surface area contributed by atoms with Crippen LogP contribution in [0.2, 0.25) is 0 Å². The fraction of sp³-hybridized carbons (Fsp3) is 0.800. The molecular weight excluding hydrogens is 196 g/mol. The van der Waals surface area contributed by atoms with Gasteiger partial charge in [0, 0.05) is 0 Å². The predicted octanol–water partition coefficient (Wildman–Crippen LogP) is 3.74. The molecule has 2 bridgehead atoms. The monoisotopic (exact) mass is 218 g/mol. The Morgan fingerprint density at radius 2 is 2.06 bits per heavy atom. The van der Waals surface area contributed by atoms with Crippen molar-refractivity contribution in [2.75, 3.05) is 0 Å². The second-order valence-corrected chi connectivity index (χ2v) is 6.95. The molecule has 0 heterocycles. The maximum atomic E-state index is 11.2. The van der Waals surface area contributed by atoms with E-state index in [1.54, 1.807) is 0 Å². The lowest BCUT2D eigenvalue weighted by molar-refractivity contribution is -0.105. The first-order valence-corrected chi connectivity index (χ1v) is 6.62. The third kappa shape index (κ3) is 0.881. The summed E-state index contributed by atoms with van der Waals surface area (Å²) < 4.78 is 0. The van der Waals surface area contributed by atoms with Gasteiger partial charge in [0.05, 0.1) is 0 Å². The van der Waals surface area contributed by atoms with Crippen molar-refractivity contribution in [1.82, 2.24) is 0 Å². The molecule has 3 aliphatic rings. The van der Waals surface area contributed by atoms with Gasteiger partial charge in [-0.1, -0.05) is 33.3 Å². The van der Waals surface area contributed by atoms with Gasteiger partial charge in [0.2, 0.25) is 0 Å². The lowest BCUT2D eigenvalue weighted by Crippen LogP contribution is -2.38. The molecule has 1 nitrogen and oxygen atoms in total. The normalized spacial score (nSPS) is 54.7. The van der Waals surface area contributed by atoms with Crippen LogP contribution in [0.1, 0.15) is 52.9 Å². The number of carbonyl (C=O) groups is 1. The van der Waals surface area contributed by atoms with Crippen LogP contribution in [-0.2, 0) is 4.79 Å². The molecule has 0 aromatic heterocycles. The van der Waals surface area contributed by atoms with Gasteiger partial charge in [-0.15, -0.1) is 0 Å². The highest BCUT2D eigenvalue weighted by Gasteiger charge is 2.67. The molecular formula is C15H22O. The number of hydrogen-bond donors (Lipinski definition) is 0. The van der Waals surface area contributed by atoms with E-state index < -0.39 is 0 Å². The van der Waals surface area contributed by atoms with Gasteiger partial charge in [-0.2, -0.15) is 0 Å². The average Bonchev–Trinajstić information content (AvgIpc) is 2.63. The van der Waals surface area contributed by atoms with E-state index in [0.717, 1.165) is 18.3 Å². The number of hydrogen-bond acceptors (Lipinski definition) is 1. The van der Waals surface area contributed by atoms with E-state index in [9.17, 15) is 4.79 Å². The fourth-order valence-electron chi connectivity index (χ4n) is 5.23. The van der Waals surface area contributed by atoms with Gasteiger partial charge in [0.25, 0.3) is 0 Å². The van der Waals surface area contributed by atoms with Crippen LogP contribution in [0.4, 0.5) is 0 Å². The summed E-state index contributed by atoms with van der Waals surface area (Å²) in [5.74, 6) is 0.538. The minimum Gasteiger partial charge on any atom is -0.298 e. The lowest BCUT2D eigenvalue weighted by atomic mass is 9.59. The van der Waals surface area contributed by atoms with Crippen LogP contribution in [0.5, 0.6) is 0 Å². The summed E-state index contributed by atoms with van der Waals surface area (Å²) in [4.78, 5) is 11.2. The summed E-state index contributed by atoms with van der Waals surface area (Å²) in [5, 5.41) is 0. The second-order valence-electron chi connectivity index (χ2n) is 6.95. The number of allylic oxidation sites excluding steroid dienone is 2. The highest BCUT2D eigenvalue weighted by molar-refractivity contribution is 5.75. The third-order valence-corrected chi connectivity index (χ3v) is 6.72. The number of fused-ring (bicyclic) bond motifs is 5.